The van der Waals surface area contributed by atoms with Crippen LogP contribution in [0.1, 0.15) is 36.6 Å². The Morgan fingerprint density at radius 2 is 2.05 bits per heavy atom. The Kier molecular flexibility index (Phi) is 3.65. The van der Waals surface area contributed by atoms with Crippen LogP contribution in [0.3, 0.4) is 0 Å². The zero-order valence-electron chi connectivity index (χ0n) is 11.8. The number of aromatic nitrogens is 1. The van der Waals surface area contributed by atoms with E-state index in [0.717, 1.165) is 11.4 Å². The van der Waals surface area contributed by atoms with Gasteiger partial charge < -0.3 is 5.32 Å². The van der Waals surface area contributed by atoms with Gasteiger partial charge in [0, 0.05) is 10.6 Å². The van der Waals surface area contributed by atoms with Crippen molar-refractivity contribution < 1.29 is 0 Å². The number of fused-ring (bicyclic) bond motifs is 1. The highest BCUT2D eigenvalue weighted by Crippen LogP contribution is 2.39. The van der Waals surface area contributed by atoms with Crippen molar-refractivity contribution in [3.05, 3.63) is 46.1 Å². The first-order valence-corrected chi connectivity index (χ1v) is 9.29. The van der Waals surface area contributed by atoms with Gasteiger partial charge in [0.15, 0.2) is 0 Å². The summed E-state index contributed by atoms with van der Waals surface area (Å²) in [6, 6.07) is 11.4. The van der Waals surface area contributed by atoms with E-state index in [-0.39, 0.29) is 0 Å². The van der Waals surface area contributed by atoms with Gasteiger partial charge in [-0.2, -0.15) is 0 Å². The number of anilines is 1. The fourth-order valence-corrected chi connectivity index (χ4v) is 4.89. The molecule has 1 aliphatic rings. The molecule has 1 saturated carbocycles. The average Bonchev–Trinajstić information content (AvgIpc) is 3.24. The Morgan fingerprint density at radius 3 is 2.86 bits per heavy atom. The normalized spacial score (nSPS) is 17.3. The van der Waals surface area contributed by atoms with Crippen LogP contribution in [-0.2, 0) is 0 Å². The molecule has 1 atom stereocenters. The van der Waals surface area contributed by atoms with Crippen LogP contribution in [-0.4, -0.2) is 4.98 Å². The van der Waals surface area contributed by atoms with Crippen molar-refractivity contribution in [2.75, 3.05) is 5.32 Å². The van der Waals surface area contributed by atoms with Gasteiger partial charge >= 0.3 is 0 Å². The van der Waals surface area contributed by atoms with Gasteiger partial charge in [-0.25, -0.2) is 4.98 Å². The minimum Gasteiger partial charge on any atom is -0.377 e. The van der Waals surface area contributed by atoms with Crippen molar-refractivity contribution in [3.63, 3.8) is 0 Å². The standard InChI is InChI=1S/C17H18N2S2/c1-2-5-12(4-1)17(15-6-3-9-20-15)19-13-7-8-14-16(10-13)21-11-18-14/h3,6-12,17,19H,1-2,4-5H2. The second-order valence-electron chi connectivity index (χ2n) is 5.72. The molecule has 0 aliphatic heterocycles. The SMILES string of the molecule is c1csc(C(Nc2ccc3ncsc3c2)C2CCCC2)c1. The first-order valence-electron chi connectivity index (χ1n) is 7.53. The van der Waals surface area contributed by atoms with Crippen LogP contribution in [0.2, 0.25) is 0 Å². The molecule has 1 aromatic carbocycles. The number of nitrogens with zero attached hydrogens (tertiary/aromatic N) is 1. The van der Waals surface area contributed by atoms with Crippen molar-refractivity contribution in [1.29, 1.82) is 0 Å². The Hall–Kier alpha value is -1.39. The molecule has 21 heavy (non-hydrogen) atoms. The third-order valence-electron chi connectivity index (χ3n) is 4.37. The van der Waals surface area contributed by atoms with Crippen LogP contribution in [0.25, 0.3) is 10.2 Å². The van der Waals surface area contributed by atoms with E-state index >= 15 is 0 Å². The smallest absolute Gasteiger partial charge is 0.0813 e. The van der Waals surface area contributed by atoms with Crippen LogP contribution in [0, 0.1) is 5.92 Å². The number of rotatable bonds is 4. The molecule has 1 aliphatic carbocycles. The molecule has 2 aromatic heterocycles. The molecule has 1 N–H and O–H groups in total. The summed E-state index contributed by atoms with van der Waals surface area (Å²) in [5, 5.41) is 5.98. The van der Waals surface area contributed by atoms with E-state index < -0.39 is 0 Å². The molecule has 2 heterocycles. The minimum atomic E-state index is 0.456. The van der Waals surface area contributed by atoms with E-state index in [9.17, 15) is 0 Å². The zero-order valence-corrected chi connectivity index (χ0v) is 13.4. The summed E-state index contributed by atoms with van der Waals surface area (Å²) in [6.45, 7) is 0. The minimum absolute atomic E-state index is 0.456. The molecule has 0 amide bonds. The van der Waals surface area contributed by atoms with Crippen molar-refractivity contribution in [2.24, 2.45) is 5.92 Å². The Bertz CT molecular complexity index is 711. The van der Waals surface area contributed by atoms with Gasteiger partial charge in [0.2, 0.25) is 0 Å². The lowest BCUT2D eigenvalue weighted by atomic mass is 9.96. The van der Waals surface area contributed by atoms with Crippen molar-refractivity contribution >= 4 is 38.6 Å². The number of benzene rings is 1. The molecule has 1 unspecified atom stereocenters. The summed E-state index contributed by atoms with van der Waals surface area (Å²) in [4.78, 5) is 5.82. The van der Waals surface area contributed by atoms with Crippen LogP contribution in [0.5, 0.6) is 0 Å². The molecule has 2 nitrogen and oxygen atoms in total. The molecule has 0 bridgehead atoms. The predicted octanol–water partition coefficient (Wildman–Crippen LogP) is 5.70. The van der Waals surface area contributed by atoms with Gasteiger partial charge in [0.1, 0.15) is 0 Å². The lowest BCUT2D eigenvalue weighted by molar-refractivity contribution is 0.475. The van der Waals surface area contributed by atoms with Gasteiger partial charge in [-0.1, -0.05) is 18.9 Å². The first kappa shape index (κ1) is 13.3. The lowest BCUT2D eigenvalue weighted by Crippen LogP contribution is -2.17. The molecular weight excluding hydrogens is 296 g/mol. The van der Waals surface area contributed by atoms with Gasteiger partial charge in [-0.15, -0.1) is 22.7 Å². The second kappa shape index (κ2) is 5.78. The van der Waals surface area contributed by atoms with E-state index in [1.807, 2.05) is 16.8 Å². The maximum absolute atomic E-state index is 4.36. The predicted molar refractivity (Wildman–Crippen MR) is 92.3 cm³/mol. The number of hydrogen-bond acceptors (Lipinski definition) is 4. The molecule has 4 rings (SSSR count). The van der Waals surface area contributed by atoms with Crippen LogP contribution in [0.4, 0.5) is 5.69 Å². The largest absolute Gasteiger partial charge is 0.377 e. The maximum Gasteiger partial charge on any atom is 0.0813 e. The van der Waals surface area contributed by atoms with E-state index in [2.05, 4.69) is 46.0 Å². The molecular formula is C17H18N2S2. The Labute approximate surface area is 132 Å². The van der Waals surface area contributed by atoms with Gasteiger partial charge in [-0.3, -0.25) is 0 Å². The zero-order chi connectivity index (χ0) is 14.1. The summed E-state index contributed by atoms with van der Waals surface area (Å²) < 4.78 is 1.26. The van der Waals surface area contributed by atoms with Gasteiger partial charge in [-0.05, 0) is 48.4 Å². The van der Waals surface area contributed by atoms with E-state index in [1.54, 1.807) is 11.3 Å². The monoisotopic (exact) mass is 314 g/mol. The summed E-state index contributed by atoms with van der Waals surface area (Å²) in [5.74, 6) is 0.765. The van der Waals surface area contributed by atoms with E-state index in [0.29, 0.717) is 6.04 Å². The average molecular weight is 314 g/mol. The number of thiophene rings is 1. The van der Waals surface area contributed by atoms with Crippen LogP contribution in [0.15, 0.2) is 41.2 Å². The molecule has 3 aromatic rings. The van der Waals surface area contributed by atoms with Gasteiger partial charge in [0.05, 0.1) is 21.8 Å². The second-order valence-corrected chi connectivity index (χ2v) is 7.58. The Balaban J connectivity index is 1.63. The highest BCUT2D eigenvalue weighted by Gasteiger charge is 2.27. The molecule has 4 heteroatoms. The van der Waals surface area contributed by atoms with Crippen LogP contribution < -0.4 is 5.32 Å². The third kappa shape index (κ3) is 2.70. The maximum atomic E-state index is 4.36. The summed E-state index contributed by atoms with van der Waals surface area (Å²) in [5.41, 5.74) is 4.23. The first-order chi connectivity index (χ1) is 10.4. The quantitative estimate of drug-likeness (QED) is 0.668. The number of nitrogens with one attached hydrogen (secondary N) is 1. The third-order valence-corrected chi connectivity index (χ3v) is 6.12. The highest BCUT2D eigenvalue weighted by atomic mass is 32.1. The van der Waals surface area contributed by atoms with Crippen LogP contribution >= 0.6 is 22.7 Å². The molecule has 108 valence electrons. The molecule has 0 radical (unpaired) electrons. The fraction of sp³-hybridized carbons (Fsp3) is 0.353. The molecule has 0 saturated heterocycles. The fourth-order valence-electron chi connectivity index (χ4n) is 3.30. The van der Waals surface area contributed by atoms with E-state index in [1.165, 1.54) is 40.9 Å². The lowest BCUT2D eigenvalue weighted by Gasteiger charge is -2.25. The number of hydrogen-bond donors (Lipinski definition) is 1. The van der Waals surface area contributed by atoms with Crippen molar-refractivity contribution in [1.82, 2.24) is 4.98 Å². The summed E-state index contributed by atoms with van der Waals surface area (Å²) in [7, 11) is 0. The summed E-state index contributed by atoms with van der Waals surface area (Å²) in [6.07, 6.45) is 5.45. The number of thiazole rings is 1. The van der Waals surface area contributed by atoms with E-state index in [4.69, 9.17) is 0 Å². The molecule has 0 spiro atoms. The topological polar surface area (TPSA) is 24.9 Å². The van der Waals surface area contributed by atoms with Crippen molar-refractivity contribution in [2.45, 2.75) is 31.7 Å². The highest BCUT2D eigenvalue weighted by molar-refractivity contribution is 7.16. The van der Waals surface area contributed by atoms with Gasteiger partial charge in [0.25, 0.3) is 0 Å². The summed E-state index contributed by atoms with van der Waals surface area (Å²) >= 11 is 3.58. The molecule has 1 fully saturated rings. The Morgan fingerprint density at radius 1 is 1.14 bits per heavy atom. The van der Waals surface area contributed by atoms with Crippen molar-refractivity contribution in [3.8, 4) is 0 Å².